The van der Waals surface area contributed by atoms with Crippen molar-refractivity contribution >= 4 is 50.1 Å². The number of hydrogen-bond acceptors (Lipinski definition) is 9. The second-order valence-electron chi connectivity index (χ2n) is 10.5. The predicted octanol–water partition coefficient (Wildman–Crippen LogP) is 4.84. The number of anilines is 3. The Balaban J connectivity index is 1.13. The number of nitrogens with zero attached hydrogens (tertiary/aromatic N) is 5. The van der Waals surface area contributed by atoms with E-state index < -0.39 is 6.03 Å². The molecule has 12 heteroatoms. The van der Waals surface area contributed by atoms with E-state index in [0.29, 0.717) is 29.8 Å². The molecule has 6 rings (SSSR count). The molecule has 5 aromatic rings. The molecule has 0 saturated heterocycles. The number of imidazole rings is 1. The largest absolute Gasteiger partial charge is 0.359 e. The van der Waals surface area contributed by atoms with E-state index in [1.807, 2.05) is 55.6 Å². The van der Waals surface area contributed by atoms with Crippen LogP contribution in [0.4, 0.5) is 22.2 Å². The Morgan fingerprint density at radius 2 is 1.97 bits per heavy atom. The number of amides is 2. The van der Waals surface area contributed by atoms with E-state index in [1.165, 1.54) is 11.3 Å². The third-order valence-corrected chi connectivity index (χ3v) is 7.24. The van der Waals surface area contributed by atoms with Gasteiger partial charge >= 0.3 is 6.03 Å². The highest BCUT2D eigenvalue weighted by Gasteiger charge is 2.38. The Morgan fingerprint density at radius 1 is 1.19 bits per heavy atom. The number of thiazole rings is 1. The molecular weight excluding hydrogens is 490 g/mol. The van der Waals surface area contributed by atoms with Crippen LogP contribution in [0.1, 0.15) is 39.4 Å². The number of nitrogens with one attached hydrogen (secondary N) is 3. The van der Waals surface area contributed by atoms with Gasteiger partial charge in [0.25, 0.3) is 0 Å². The molecule has 2 amide bonds. The van der Waals surface area contributed by atoms with Crippen LogP contribution < -0.4 is 21.7 Å². The van der Waals surface area contributed by atoms with Crippen molar-refractivity contribution in [3.05, 3.63) is 48.5 Å². The van der Waals surface area contributed by atoms with Crippen LogP contribution in [0.5, 0.6) is 0 Å². The molecule has 1 aliphatic carbocycles. The van der Waals surface area contributed by atoms with E-state index in [9.17, 15) is 4.79 Å². The van der Waals surface area contributed by atoms with E-state index in [2.05, 4.69) is 31.1 Å². The van der Waals surface area contributed by atoms with Crippen molar-refractivity contribution in [3.8, 4) is 11.3 Å². The summed E-state index contributed by atoms with van der Waals surface area (Å²) in [7, 11) is 0. The maximum atomic E-state index is 12.4. The lowest BCUT2D eigenvalue weighted by Gasteiger charge is -2.12. The van der Waals surface area contributed by atoms with E-state index in [1.54, 1.807) is 12.3 Å². The molecule has 0 radical (unpaired) electrons. The Hall–Kier alpha value is -4.03. The summed E-state index contributed by atoms with van der Waals surface area (Å²) >= 11 is 1.51. The SMILES string of the molecule is CC(C)(C)c1cc(NC(=O)Nc2ccc(-c3cn4c(n3)sc3nc(NCC5(N)CC5)ncc34)cc2)no1. The maximum Gasteiger partial charge on any atom is 0.324 e. The van der Waals surface area contributed by atoms with Crippen molar-refractivity contribution in [2.75, 3.05) is 22.5 Å². The molecule has 0 aliphatic heterocycles. The zero-order valence-corrected chi connectivity index (χ0v) is 21.5. The summed E-state index contributed by atoms with van der Waals surface area (Å²) in [6.45, 7) is 6.72. The summed E-state index contributed by atoms with van der Waals surface area (Å²) in [5.41, 5.74) is 9.13. The van der Waals surface area contributed by atoms with Gasteiger partial charge in [-0.1, -0.05) is 49.4 Å². The van der Waals surface area contributed by atoms with Gasteiger partial charge in [0.05, 0.1) is 11.9 Å². The molecule has 0 spiro atoms. The lowest BCUT2D eigenvalue weighted by molar-refractivity contribution is 0.262. The van der Waals surface area contributed by atoms with Gasteiger partial charge < -0.3 is 20.9 Å². The van der Waals surface area contributed by atoms with Crippen LogP contribution in [0.3, 0.4) is 0 Å². The zero-order valence-electron chi connectivity index (χ0n) is 20.7. The molecule has 1 saturated carbocycles. The van der Waals surface area contributed by atoms with Crippen molar-refractivity contribution in [1.82, 2.24) is 24.5 Å². The van der Waals surface area contributed by atoms with Crippen molar-refractivity contribution in [3.63, 3.8) is 0 Å². The minimum Gasteiger partial charge on any atom is -0.359 e. The van der Waals surface area contributed by atoms with Gasteiger partial charge in [0.15, 0.2) is 10.8 Å². The first kappa shape index (κ1) is 23.4. The Morgan fingerprint density at radius 3 is 2.68 bits per heavy atom. The van der Waals surface area contributed by atoms with Crippen LogP contribution in [0, 0.1) is 0 Å². The quantitative estimate of drug-likeness (QED) is 0.250. The Kier molecular flexibility index (Phi) is 5.39. The Labute approximate surface area is 216 Å². The third kappa shape index (κ3) is 4.85. The lowest BCUT2D eigenvalue weighted by atomic mass is 9.93. The molecule has 4 heterocycles. The molecule has 4 aromatic heterocycles. The number of rotatable bonds is 6. The summed E-state index contributed by atoms with van der Waals surface area (Å²) in [4.78, 5) is 27.9. The van der Waals surface area contributed by atoms with Crippen LogP contribution in [0.25, 0.3) is 26.6 Å². The fraction of sp³-hybridized carbons (Fsp3) is 0.320. The second-order valence-corrected chi connectivity index (χ2v) is 11.4. The number of hydrogen-bond donors (Lipinski definition) is 4. The fourth-order valence-electron chi connectivity index (χ4n) is 3.80. The van der Waals surface area contributed by atoms with Crippen molar-refractivity contribution in [2.45, 2.75) is 44.6 Å². The highest BCUT2D eigenvalue weighted by Crippen LogP contribution is 2.33. The highest BCUT2D eigenvalue weighted by molar-refractivity contribution is 7.23. The molecule has 0 unspecified atom stereocenters. The van der Waals surface area contributed by atoms with E-state index >= 15 is 0 Å². The first-order valence-electron chi connectivity index (χ1n) is 12.0. The normalized spacial score (nSPS) is 14.7. The standard InChI is InChI=1S/C25H27N9O2S/c1-24(2,3)18-10-19(33-36-18)31-22(35)29-15-6-4-14(5-7-15)16-12-34-17-11-27-21(28-13-25(26)8-9-25)32-20(17)37-23(34)30-16/h4-7,10-12H,8-9,13,26H2,1-3H3,(H,27,28,32)(H2,29,31,33,35). The molecule has 0 atom stereocenters. The van der Waals surface area contributed by atoms with Crippen LogP contribution in [-0.2, 0) is 5.41 Å². The van der Waals surface area contributed by atoms with Crippen molar-refractivity contribution in [2.24, 2.45) is 5.73 Å². The smallest absolute Gasteiger partial charge is 0.324 e. The summed E-state index contributed by atoms with van der Waals surface area (Å²) in [6, 6.07) is 8.81. The molecule has 190 valence electrons. The number of nitrogens with two attached hydrogens (primary N) is 1. The number of benzene rings is 1. The summed E-state index contributed by atoms with van der Waals surface area (Å²) in [6.07, 6.45) is 5.84. The second kappa shape index (κ2) is 8.53. The Bertz CT molecular complexity index is 1610. The number of aromatic nitrogens is 5. The summed E-state index contributed by atoms with van der Waals surface area (Å²) < 4.78 is 7.30. The molecule has 0 bridgehead atoms. The highest BCUT2D eigenvalue weighted by atomic mass is 32.1. The van der Waals surface area contributed by atoms with Gasteiger partial charge in [0.2, 0.25) is 5.95 Å². The van der Waals surface area contributed by atoms with E-state index in [-0.39, 0.29) is 11.0 Å². The summed E-state index contributed by atoms with van der Waals surface area (Å²) in [5, 5.41) is 12.6. The first-order chi connectivity index (χ1) is 17.6. The average Bonchev–Trinajstić information content (AvgIpc) is 3.19. The number of carbonyl (C=O) groups excluding carboxylic acids is 1. The van der Waals surface area contributed by atoms with E-state index in [0.717, 1.165) is 39.4 Å². The fourth-order valence-corrected chi connectivity index (χ4v) is 4.76. The monoisotopic (exact) mass is 517 g/mol. The van der Waals surface area contributed by atoms with Gasteiger partial charge in [0.1, 0.15) is 16.1 Å². The van der Waals surface area contributed by atoms with E-state index in [4.69, 9.17) is 15.2 Å². The molecular formula is C25H27N9O2S. The number of urea groups is 1. The minimum atomic E-state index is -0.400. The zero-order chi connectivity index (χ0) is 25.8. The average molecular weight is 518 g/mol. The lowest BCUT2D eigenvalue weighted by Crippen LogP contribution is -2.31. The third-order valence-electron chi connectivity index (χ3n) is 6.28. The molecule has 1 aliphatic rings. The van der Waals surface area contributed by atoms with Gasteiger partial charge in [-0.05, 0) is 25.0 Å². The predicted molar refractivity (Wildman–Crippen MR) is 144 cm³/mol. The van der Waals surface area contributed by atoms with Crippen LogP contribution >= 0.6 is 11.3 Å². The van der Waals surface area contributed by atoms with Gasteiger partial charge in [-0.3, -0.25) is 9.72 Å². The minimum absolute atomic E-state index is 0.112. The topological polar surface area (TPSA) is 148 Å². The van der Waals surface area contributed by atoms with Crippen molar-refractivity contribution in [1.29, 1.82) is 0 Å². The van der Waals surface area contributed by atoms with Gasteiger partial charge in [-0.2, -0.15) is 0 Å². The molecule has 11 nitrogen and oxygen atoms in total. The molecule has 5 N–H and O–H groups in total. The molecule has 37 heavy (non-hydrogen) atoms. The van der Waals surface area contributed by atoms with Gasteiger partial charge in [-0.25, -0.2) is 19.7 Å². The first-order valence-corrected chi connectivity index (χ1v) is 12.8. The van der Waals surface area contributed by atoms with Gasteiger partial charge in [-0.15, -0.1) is 0 Å². The van der Waals surface area contributed by atoms with Gasteiger partial charge in [0, 0.05) is 41.0 Å². The van der Waals surface area contributed by atoms with Crippen LogP contribution in [0.2, 0.25) is 0 Å². The van der Waals surface area contributed by atoms with Crippen LogP contribution in [0.15, 0.2) is 47.2 Å². The molecule has 1 fully saturated rings. The van der Waals surface area contributed by atoms with Crippen molar-refractivity contribution < 1.29 is 9.32 Å². The maximum absolute atomic E-state index is 12.4. The van der Waals surface area contributed by atoms with Crippen LogP contribution in [-0.4, -0.2) is 42.6 Å². The molecule has 1 aromatic carbocycles. The number of fused-ring (bicyclic) bond motifs is 3. The number of carbonyl (C=O) groups is 1. The summed E-state index contributed by atoms with van der Waals surface area (Å²) in [5.74, 6) is 1.64.